The highest BCUT2D eigenvalue weighted by Crippen LogP contribution is 2.29. The van der Waals surface area contributed by atoms with Gasteiger partial charge in [0, 0.05) is 12.1 Å². The minimum Gasteiger partial charge on any atom is -0.497 e. The van der Waals surface area contributed by atoms with Crippen LogP contribution in [0.5, 0.6) is 23.0 Å². The van der Waals surface area contributed by atoms with Gasteiger partial charge in [0.05, 0.1) is 28.4 Å². The van der Waals surface area contributed by atoms with Gasteiger partial charge in [0.2, 0.25) is 0 Å². The Hall–Kier alpha value is -2.36. The fourth-order valence-electron chi connectivity index (χ4n) is 2.39. The molecule has 2 aromatic rings. The van der Waals surface area contributed by atoms with E-state index >= 15 is 0 Å². The summed E-state index contributed by atoms with van der Waals surface area (Å²) in [4.78, 5) is 0. The van der Waals surface area contributed by atoms with Crippen molar-refractivity contribution in [2.24, 2.45) is 0 Å². The van der Waals surface area contributed by atoms with E-state index in [1.165, 1.54) is 0 Å². The Bertz CT molecular complexity index is 567. The number of hydrogen-bond donors (Lipinski definition) is 0. The van der Waals surface area contributed by atoms with E-state index in [0.29, 0.717) is 0 Å². The second kappa shape index (κ2) is 7.59. The monoisotopic (exact) mass is 302 g/mol. The van der Waals surface area contributed by atoms with E-state index in [9.17, 15) is 0 Å². The predicted octanol–water partition coefficient (Wildman–Crippen LogP) is 3.51. The molecule has 0 fully saturated rings. The van der Waals surface area contributed by atoms with Crippen molar-refractivity contribution in [1.82, 2.24) is 0 Å². The minimum atomic E-state index is 0.794. The highest BCUT2D eigenvalue weighted by atomic mass is 16.5. The third kappa shape index (κ3) is 3.64. The zero-order chi connectivity index (χ0) is 15.9. The lowest BCUT2D eigenvalue weighted by Gasteiger charge is -2.13. The standard InChI is InChI=1S/C18H22O4/c1-19-15-9-7-13(17(11-15)21-3)5-6-14-8-10-16(20-2)12-18(14)22-4/h7-12H,5-6H2,1-4H3. The second-order valence-electron chi connectivity index (χ2n) is 4.86. The smallest absolute Gasteiger partial charge is 0.125 e. The lowest BCUT2D eigenvalue weighted by Crippen LogP contribution is -1.99. The Morgan fingerprint density at radius 3 is 1.32 bits per heavy atom. The summed E-state index contributed by atoms with van der Waals surface area (Å²) >= 11 is 0. The maximum Gasteiger partial charge on any atom is 0.125 e. The molecule has 22 heavy (non-hydrogen) atoms. The van der Waals surface area contributed by atoms with Crippen LogP contribution in [0.25, 0.3) is 0 Å². The van der Waals surface area contributed by atoms with Crippen molar-refractivity contribution in [3.05, 3.63) is 47.5 Å². The SMILES string of the molecule is COc1ccc(CCc2ccc(OC)cc2OC)c(OC)c1. The molecule has 0 unspecified atom stereocenters. The van der Waals surface area contributed by atoms with Crippen LogP contribution in [0.1, 0.15) is 11.1 Å². The Morgan fingerprint density at radius 2 is 1.00 bits per heavy atom. The van der Waals surface area contributed by atoms with Gasteiger partial charge in [-0.05, 0) is 36.1 Å². The molecule has 0 N–H and O–H groups in total. The molecule has 4 heteroatoms. The van der Waals surface area contributed by atoms with E-state index in [0.717, 1.165) is 47.0 Å². The molecule has 0 aliphatic rings. The number of rotatable bonds is 7. The molecular formula is C18H22O4. The van der Waals surface area contributed by atoms with Crippen molar-refractivity contribution in [3.63, 3.8) is 0 Å². The highest BCUT2D eigenvalue weighted by molar-refractivity contribution is 5.44. The van der Waals surface area contributed by atoms with E-state index in [-0.39, 0.29) is 0 Å². The molecule has 2 aromatic carbocycles. The van der Waals surface area contributed by atoms with Crippen molar-refractivity contribution in [2.75, 3.05) is 28.4 Å². The Balaban J connectivity index is 2.16. The summed E-state index contributed by atoms with van der Waals surface area (Å²) < 4.78 is 21.3. The second-order valence-corrected chi connectivity index (χ2v) is 4.86. The van der Waals surface area contributed by atoms with Gasteiger partial charge in [-0.15, -0.1) is 0 Å². The molecule has 4 nitrogen and oxygen atoms in total. The molecule has 0 saturated carbocycles. The van der Waals surface area contributed by atoms with E-state index in [2.05, 4.69) is 0 Å². The van der Waals surface area contributed by atoms with Crippen molar-refractivity contribution >= 4 is 0 Å². The van der Waals surface area contributed by atoms with Gasteiger partial charge < -0.3 is 18.9 Å². The molecule has 2 rings (SSSR count). The van der Waals surface area contributed by atoms with Gasteiger partial charge in [-0.2, -0.15) is 0 Å². The number of benzene rings is 2. The molecule has 118 valence electrons. The summed E-state index contributed by atoms with van der Waals surface area (Å²) in [6.45, 7) is 0. The maximum atomic E-state index is 5.44. The van der Waals surface area contributed by atoms with E-state index < -0.39 is 0 Å². The summed E-state index contributed by atoms with van der Waals surface area (Å²) in [7, 11) is 6.64. The molecule has 0 spiro atoms. The molecule has 0 atom stereocenters. The average molecular weight is 302 g/mol. The van der Waals surface area contributed by atoms with Crippen LogP contribution in [0.15, 0.2) is 36.4 Å². The van der Waals surface area contributed by atoms with Gasteiger partial charge in [0.25, 0.3) is 0 Å². The summed E-state index contributed by atoms with van der Waals surface area (Å²) in [6, 6.07) is 11.8. The number of aryl methyl sites for hydroxylation is 2. The first kappa shape index (κ1) is 16.0. The lowest BCUT2D eigenvalue weighted by molar-refractivity contribution is 0.388. The first-order valence-electron chi connectivity index (χ1n) is 7.13. The number of methoxy groups -OCH3 is 4. The molecule has 0 heterocycles. The van der Waals surface area contributed by atoms with Crippen molar-refractivity contribution in [2.45, 2.75) is 12.8 Å². The summed E-state index contributed by atoms with van der Waals surface area (Å²) in [6.07, 6.45) is 1.71. The average Bonchev–Trinajstić information content (AvgIpc) is 2.59. The quantitative estimate of drug-likeness (QED) is 0.784. The van der Waals surface area contributed by atoms with Crippen LogP contribution < -0.4 is 18.9 Å². The van der Waals surface area contributed by atoms with Crippen LogP contribution in [0, 0.1) is 0 Å². The van der Waals surface area contributed by atoms with Gasteiger partial charge in [0.15, 0.2) is 0 Å². The minimum absolute atomic E-state index is 0.794. The third-order valence-electron chi connectivity index (χ3n) is 3.65. The highest BCUT2D eigenvalue weighted by Gasteiger charge is 2.09. The van der Waals surface area contributed by atoms with Crippen LogP contribution in [0.3, 0.4) is 0 Å². The molecule has 0 aliphatic carbocycles. The van der Waals surface area contributed by atoms with Gasteiger partial charge in [-0.1, -0.05) is 12.1 Å². The lowest BCUT2D eigenvalue weighted by atomic mass is 10.0. The molecule has 0 amide bonds. The first-order valence-corrected chi connectivity index (χ1v) is 7.13. The summed E-state index contributed by atoms with van der Waals surface area (Å²) in [5.74, 6) is 3.27. The van der Waals surface area contributed by atoms with Gasteiger partial charge in [0.1, 0.15) is 23.0 Å². The topological polar surface area (TPSA) is 36.9 Å². The zero-order valence-corrected chi connectivity index (χ0v) is 13.5. The largest absolute Gasteiger partial charge is 0.497 e. The van der Waals surface area contributed by atoms with E-state index in [1.54, 1.807) is 28.4 Å². The molecular weight excluding hydrogens is 280 g/mol. The molecule has 0 aromatic heterocycles. The zero-order valence-electron chi connectivity index (χ0n) is 13.5. The van der Waals surface area contributed by atoms with Crippen molar-refractivity contribution in [1.29, 1.82) is 0 Å². The Labute approximate surface area is 131 Å². The van der Waals surface area contributed by atoms with E-state index in [1.807, 2.05) is 36.4 Å². The number of hydrogen-bond acceptors (Lipinski definition) is 4. The van der Waals surface area contributed by atoms with Crippen molar-refractivity contribution < 1.29 is 18.9 Å². The van der Waals surface area contributed by atoms with Crippen LogP contribution in [0.4, 0.5) is 0 Å². The predicted molar refractivity (Wildman–Crippen MR) is 86.5 cm³/mol. The molecule has 0 radical (unpaired) electrons. The molecule has 0 bridgehead atoms. The van der Waals surface area contributed by atoms with Crippen LogP contribution in [-0.2, 0) is 12.8 Å². The molecule has 0 saturated heterocycles. The fraction of sp³-hybridized carbons (Fsp3) is 0.333. The van der Waals surface area contributed by atoms with Gasteiger partial charge in [-0.3, -0.25) is 0 Å². The molecule has 0 aliphatic heterocycles. The van der Waals surface area contributed by atoms with E-state index in [4.69, 9.17) is 18.9 Å². The fourth-order valence-corrected chi connectivity index (χ4v) is 2.39. The van der Waals surface area contributed by atoms with Crippen LogP contribution >= 0.6 is 0 Å². The Kier molecular flexibility index (Phi) is 5.53. The summed E-state index contributed by atoms with van der Waals surface area (Å²) in [5.41, 5.74) is 2.28. The van der Waals surface area contributed by atoms with Gasteiger partial charge in [-0.25, -0.2) is 0 Å². The van der Waals surface area contributed by atoms with Gasteiger partial charge >= 0.3 is 0 Å². The Morgan fingerprint density at radius 1 is 0.591 bits per heavy atom. The number of ether oxygens (including phenoxy) is 4. The normalized spacial score (nSPS) is 10.2. The first-order chi connectivity index (χ1) is 10.7. The third-order valence-corrected chi connectivity index (χ3v) is 3.65. The summed E-state index contributed by atoms with van der Waals surface area (Å²) in [5, 5.41) is 0. The maximum absolute atomic E-state index is 5.44. The van der Waals surface area contributed by atoms with Crippen molar-refractivity contribution in [3.8, 4) is 23.0 Å². The van der Waals surface area contributed by atoms with Crippen LogP contribution in [0.2, 0.25) is 0 Å². The van der Waals surface area contributed by atoms with Crippen LogP contribution in [-0.4, -0.2) is 28.4 Å².